The third-order valence-electron chi connectivity index (χ3n) is 2.06. The highest BCUT2D eigenvalue weighted by molar-refractivity contribution is 5.73. The Bertz CT molecular complexity index is 260. The molecular formula is C10H15NO3. The van der Waals surface area contributed by atoms with E-state index < -0.39 is 0 Å². The summed E-state index contributed by atoms with van der Waals surface area (Å²) in [5.74, 6) is -0.417. The average molecular weight is 197 g/mol. The SMILES string of the molecule is CC(=O)N[C@H]1CCC=C[C@H]1OC(C)=O. The Balaban J connectivity index is 2.57. The molecule has 1 amide bonds. The molecule has 0 aromatic carbocycles. The van der Waals surface area contributed by atoms with Crippen molar-refractivity contribution >= 4 is 11.9 Å². The normalized spacial score (nSPS) is 25.6. The van der Waals surface area contributed by atoms with Crippen molar-refractivity contribution in [2.45, 2.75) is 38.8 Å². The quantitative estimate of drug-likeness (QED) is 0.525. The Morgan fingerprint density at radius 2 is 2.14 bits per heavy atom. The average Bonchev–Trinajstić information content (AvgIpc) is 2.06. The molecule has 0 fully saturated rings. The highest BCUT2D eigenvalue weighted by Gasteiger charge is 2.24. The molecule has 1 aliphatic rings. The first-order chi connectivity index (χ1) is 6.59. The lowest BCUT2D eigenvalue weighted by atomic mass is 9.99. The maximum Gasteiger partial charge on any atom is 0.303 e. The molecule has 0 aliphatic heterocycles. The van der Waals surface area contributed by atoms with Crippen molar-refractivity contribution in [3.05, 3.63) is 12.2 Å². The van der Waals surface area contributed by atoms with E-state index in [-0.39, 0.29) is 24.0 Å². The topological polar surface area (TPSA) is 55.4 Å². The van der Waals surface area contributed by atoms with E-state index in [1.165, 1.54) is 13.8 Å². The Morgan fingerprint density at radius 3 is 2.71 bits per heavy atom. The van der Waals surface area contributed by atoms with E-state index in [2.05, 4.69) is 5.32 Å². The van der Waals surface area contributed by atoms with Crippen molar-refractivity contribution in [2.75, 3.05) is 0 Å². The summed E-state index contributed by atoms with van der Waals surface area (Å²) in [7, 11) is 0. The summed E-state index contributed by atoms with van der Waals surface area (Å²) >= 11 is 0. The van der Waals surface area contributed by atoms with E-state index in [9.17, 15) is 9.59 Å². The van der Waals surface area contributed by atoms with Gasteiger partial charge < -0.3 is 10.1 Å². The van der Waals surface area contributed by atoms with Crippen LogP contribution >= 0.6 is 0 Å². The first kappa shape index (κ1) is 10.8. The van der Waals surface area contributed by atoms with Crippen LogP contribution in [0.15, 0.2) is 12.2 Å². The number of amides is 1. The molecule has 0 unspecified atom stereocenters. The van der Waals surface area contributed by atoms with Crippen LogP contribution in [0.5, 0.6) is 0 Å². The zero-order chi connectivity index (χ0) is 10.6. The fourth-order valence-electron chi connectivity index (χ4n) is 1.53. The Hall–Kier alpha value is -1.32. The number of rotatable bonds is 2. The lowest BCUT2D eigenvalue weighted by Crippen LogP contribution is -2.44. The number of nitrogens with one attached hydrogen (secondary N) is 1. The first-order valence-electron chi connectivity index (χ1n) is 4.70. The number of hydrogen-bond acceptors (Lipinski definition) is 3. The largest absolute Gasteiger partial charge is 0.456 e. The summed E-state index contributed by atoms with van der Waals surface area (Å²) < 4.78 is 5.06. The molecule has 4 nitrogen and oxygen atoms in total. The van der Waals surface area contributed by atoms with E-state index >= 15 is 0 Å². The highest BCUT2D eigenvalue weighted by atomic mass is 16.5. The van der Waals surface area contributed by atoms with Gasteiger partial charge in [0.05, 0.1) is 6.04 Å². The van der Waals surface area contributed by atoms with Gasteiger partial charge >= 0.3 is 5.97 Å². The van der Waals surface area contributed by atoms with Crippen LogP contribution < -0.4 is 5.32 Å². The van der Waals surface area contributed by atoms with E-state index in [1.807, 2.05) is 12.2 Å². The van der Waals surface area contributed by atoms with Crippen LogP contribution in [0.4, 0.5) is 0 Å². The minimum atomic E-state index is -0.322. The number of ether oxygens (including phenoxy) is 1. The molecule has 0 saturated heterocycles. The van der Waals surface area contributed by atoms with Crippen LogP contribution in [0.2, 0.25) is 0 Å². The second-order valence-corrected chi connectivity index (χ2v) is 3.39. The Labute approximate surface area is 83.3 Å². The van der Waals surface area contributed by atoms with E-state index in [0.717, 1.165) is 12.8 Å². The third kappa shape index (κ3) is 3.20. The summed E-state index contributed by atoms with van der Waals surface area (Å²) in [5, 5.41) is 2.77. The number of esters is 1. The van der Waals surface area contributed by atoms with Crippen LogP contribution in [-0.2, 0) is 14.3 Å². The van der Waals surface area contributed by atoms with Crippen LogP contribution in [0.3, 0.4) is 0 Å². The van der Waals surface area contributed by atoms with Gasteiger partial charge in [-0.05, 0) is 18.9 Å². The number of allylic oxidation sites excluding steroid dienone is 1. The summed E-state index contributed by atoms with van der Waals surface area (Å²) in [6, 6.07) is -0.0820. The van der Waals surface area contributed by atoms with Crippen LogP contribution in [0.1, 0.15) is 26.7 Å². The maximum absolute atomic E-state index is 10.9. The molecule has 0 aromatic heterocycles. The summed E-state index contributed by atoms with van der Waals surface area (Å²) in [4.78, 5) is 21.6. The summed E-state index contributed by atoms with van der Waals surface area (Å²) in [5.41, 5.74) is 0. The minimum absolute atomic E-state index is 0.0820. The number of carbonyl (C=O) groups is 2. The summed E-state index contributed by atoms with van der Waals surface area (Å²) in [6.45, 7) is 2.83. The van der Waals surface area contributed by atoms with Gasteiger partial charge in [0.1, 0.15) is 6.10 Å². The lowest BCUT2D eigenvalue weighted by molar-refractivity contribution is -0.146. The smallest absolute Gasteiger partial charge is 0.303 e. The molecule has 0 heterocycles. The predicted molar refractivity (Wildman–Crippen MR) is 51.5 cm³/mol. The molecule has 1 N–H and O–H groups in total. The monoisotopic (exact) mass is 197 g/mol. The molecule has 4 heteroatoms. The van der Waals surface area contributed by atoms with Gasteiger partial charge in [-0.25, -0.2) is 0 Å². The molecule has 0 radical (unpaired) electrons. The predicted octanol–water partition coefficient (Wildman–Crippen LogP) is 0.773. The number of carbonyl (C=O) groups excluding carboxylic acids is 2. The van der Waals surface area contributed by atoms with Gasteiger partial charge in [-0.1, -0.05) is 6.08 Å². The van der Waals surface area contributed by atoms with Gasteiger partial charge in [0, 0.05) is 13.8 Å². The van der Waals surface area contributed by atoms with Gasteiger partial charge in [0.15, 0.2) is 0 Å². The van der Waals surface area contributed by atoms with E-state index in [0.29, 0.717) is 0 Å². The molecule has 0 saturated carbocycles. The first-order valence-corrected chi connectivity index (χ1v) is 4.70. The van der Waals surface area contributed by atoms with Crippen LogP contribution in [0.25, 0.3) is 0 Å². The fraction of sp³-hybridized carbons (Fsp3) is 0.600. The number of hydrogen-bond donors (Lipinski definition) is 1. The second kappa shape index (κ2) is 4.79. The van der Waals surface area contributed by atoms with Crippen LogP contribution in [-0.4, -0.2) is 24.0 Å². The molecule has 1 aliphatic carbocycles. The summed E-state index contributed by atoms with van der Waals surface area (Å²) in [6.07, 6.45) is 5.19. The zero-order valence-corrected chi connectivity index (χ0v) is 8.45. The van der Waals surface area contributed by atoms with Crippen molar-refractivity contribution < 1.29 is 14.3 Å². The van der Waals surface area contributed by atoms with Crippen molar-refractivity contribution in [2.24, 2.45) is 0 Å². The van der Waals surface area contributed by atoms with Crippen molar-refractivity contribution in [1.29, 1.82) is 0 Å². The van der Waals surface area contributed by atoms with Crippen LogP contribution in [0, 0.1) is 0 Å². The Morgan fingerprint density at radius 1 is 1.43 bits per heavy atom. The second-order valence-electron chi connectivity index (χ2n) is 3.39. The van der Waals surface area contributed by atoms with E-state index in [1.54, 1.807) is 0 Å². The molecule has 2 atom stereocenters. The third-order valence-corrected chi connectivity index (χ3v) is 2.06. The highest BCUT2D eigenvalue weighted by Crippen LogP contribution is 2.15. The maximum atomic E-state index is 10.9. The molecule has 0 aromatic rings. The molecule has 14 heavy (non-hydrogen) atoms. The van der Waals surface area contributed by atoms with Crippen molar-refractivity contribution in [3.63, 3.8) is 0 Å². The van der Waals surface area contributed by atoms with Crippen molar-refractivity contribution in [3.8, 4) is 0 Å². The fourth-order valence-corrected chi connectivity index (χ4v) is 1.53. The van der Waals surface area contributed by atoms with Gasteiger partial charge in [0.2, 0.25) is 5.91 Å². The van der Waals surface area contributed by atoms with Gasteiger partial charge in [-0.2, -0.15) is 0 Å². The van der Waals surface area contributed by atoms with Crippen molar-refractivity contribution in [1.82, 2.24) is 5.32 Å². The van der Waals surface area contributed by atoms with E-state index in [4.69, 9.17) is 4.74 Å². The van der Waals surface area contributed by atoms with Gasteiger partial charge in [-0.15, -0.1) is 0 Å². The molecule has 1 rings (SSSR count). The van der Waals surface area contributed by atoms with Gasteiger partial charge in [0.25, 0.3) is 0 Å². The molecule has 0 bridgehead atoms. The lowest BCUT2D eigenvalue weighted by Gasteiger charge is -2.27. The zero-order valence-electron chi connectivity index (χ0n) is 8.45. The Kier molecular flexibility index (Phi) is 3.68. The standard InChI is InChI=1S/C10H15NO3/c1-7(12)11-9-5-3-4-6-10(9)14-8(2)13/h4,6,9-10H,3,5H2,1-2H3,(H,11,12)/t9-,10+/m0/s1. The van der Waals surface area contributed by atoms with Gasteiger partial charge in [-0.3, -0.25) is 9.59 Å². The minimum Gasteiger partial charge on any atom is -0.456 e. The molecule has 0 spiro atoms. The molecular weight excluding hydrogens is 182 g/mol. The molecule has 78 valence electrons.